The van der Waals surface area contributed by atoms with Gasteiger partial charge in [0.25, 0.3) is 5.91 Å². The van der Waals surface area contributed by atoms with Gasteiger partial charge >= 0.3 is 0 Å². The van der Waals surface area contributed by atoms with Gasteiger partial charge in [-0.2, -0.15) is 0 Å². The Kier molecular flexibility index (Phi) is 5.69. The quantitative estimate of drug-likeness (QED) is 0.642. The van der Waals surface area contributed by atoms with Gasteiger partial charge in [-0.1, -0.05) is 62.2 Å². The van der Waals surface area contributed by atoms with Crippen LogP contribution in [0.15, 0.2) is 54.6 Å². The summed E-state index contributed by atoms with van der Waals surface area (Å²) < 4.78 is 1.93. The van der Waals surface area contributed by atoms with Crippen LogP contribution in [0.1, 0.15) is 55.7 Å². The number of aromatic nitrogens is 2. The van der Waals surface area contributed by atoms with Gasteiger partial charge in [0, 0.05) is 12.6 Å². The summed E-state index contributed by atoms with van der Waals surface area (Å²) in [6.45, 7) is 5.00. The number of nitrogens with zero attached hydrogens (tertiary/aromatic N) is 3. The second kappa shape index (κ2) is 8.65. The van der Waals surface area contributed by atoms with E-state index < -0.39 is 5.54 Å². The lowest BCUT2D eigenvalue weighted by molar-refractivity contribution is -0.134. The minimum Gasteiger partial charge on any atom is -0.351 e. The molecule has 1 aliphatic carbocycles. The Balaban J connectivity index is 1.50. The largest absolute Gasteiger partial charge is 0.351 e. The van der Waals surface area contributed by atoms with Crippen molar-refractivity contribution in [1.29, 1.82) is 0 Å². The number of imidazole rings is 1. The molecule has 2 aliphatic rings. The number of nitrogens with one attached hydrogen (secondary N) is 1. The molecule has 33 heavy (non-hydrogen) atoms. The van der Waals surface area contributed by atoms with E-state index in [4.69, 9.17) is 0 Å². The highest BCUT2D eigenvalue weighted by Crippen LogP contribution is 2.32. The third kappa shape index (κ3) is 3.92. The SMILES string of the molecule is C[C@@H]1CCCC[C@H]1NC(=O)[C@@]1(C)Cn2c(nc3ccccc32)C(=O)N1CCc1ccccc1. The molecule has 3 aromatic rings. The summed E-state index contributed by atoms with van der Waals surface area (Å²) in [5.74, 6) is 0.627. The van der Waals surface area contributed by atoms with Crippen LogP contribution in [0.3, 0.4) is 0 Å². The maximum absolute atomic E-state index is 13.8. The normalized spacial score (nSPS) is 25.2. The van der Waals surface area contributed by atoms with Gasteiger partial charge in [0.15, 0.2) is 5.82 Å². The molecule has 1 fully saturated rings. The van der Waals surface area contributed by atoms with E-state index in [1.807, 2.05) is 54.0 Å². The molecular formula is C27H32N4O2. The molecule has 1 aliphatic heterocycles. The summed E-state index contributed by atoms with van der Waals surface area (Å²) in [6, 6.07) is 18.0. The van der Waals surface area contributed by atoms with E-state index in [0.29, 0.717) is 31.3 Å². The van der Waals surface area contributed by atoms with E-state index in [9.17, 15) is 9.59 Å². The number of hydrogen-bond donors (Lipinski definition) is 1. The first-order valence-electron chi connectivity index (χ1n) is 12.1. The van der Waals surface area contributed by atoms with E-state index in [1.54, 1.807) is 4.90 Å². The van der Waals surface area contributed by atoms with E-state index in [2.05, 4.69) is 29.4 Å². The van der Waals surface area contributed by atoms with Crippen LogP contribution in [-0.4, -0.2) is 44.4 Å². The van der Waals surface area contributed by atoms with Crippen molar-refractivity contribution in [2.45, 2.75) is 64.1 Å². The van der Waals surface area contributed by atoms with Crippen LogP contribution in [-0.2, 0) is 17.8 Å². The minimum absolute atomic E-state index is 0.0638. The molecule has 2 amide bonds. The van der Waals surface area contributed by atoms with E-state index in [-0.39, 0.29) is 17.9 Å². The molecule has 0 spiro atoms. The number of para-hydroxylation sites is 2. The van der Waals surface area contributed by atoms with Crippen LogP contribution >= 0.6 is 0 Å². The first-order valence-corrected chi connectivity index (χ1v) is 12.1. The Morgan fingerprint density at radius 2 is 1.82 bits per heavy atom. The topological polar surface area (TPSA) is 67.2 Å². The first kappa shape index (κ1) is 21.7. The molecular weight excluding hydrogens is 412 g/mol. The number of fused-ring (bicyclic) bond motifs is 3. The highest BCUT2D eigenvalue weighted by atomic mass is 16.2. The van der Waals surface area contributed by atoms with Crippen molar-refractivity contribution in [2.24, 2.45) is 5.92 Å². The van der Waals surface area contributed by atoms with Crippen LogP contribution in [0.2, 0.25) is 0 Å². The predicted molar refractivity (Wildman–Crippen MR) is 129 cm³/mol. The highest BCUT2D eigenvalue weighted by Gasteiger charge is 2.48. The Morgan fingerprint density at radius 3 is 2.61 bits per heavy atom. The average molecular weight is 445 g/mol. The smallest absolute Gasteiger partial charge is 0.290 e. The van der Waals surface area contributed by atoms with Gasteiger partial charge in [-0.25, -0.2) is 4.98 Å². The molecule has 1 saturated carbocycles. The van der Waals surface area contributed by atoms with E-state index in [1.165, 1.54) is 6.42 Å². The Labute approximate surface area is 195 Å². The Bertz CT molecular complexity index is 1170. The molecule has 3 atom stereocenters. The first-order chi connectivity index (χ1) is 16.0. The van der Waals surface area contributed by atoms with E-state index >= 15 is 0 Å². The fourth-order valence-corrected chi connectivity index (χ4v) is 5.42. The zero-order chi connectivity index (χ0) is 23.0. The minimum atomic E-state index is -0.987. The summed E-state index contributed by atoms with van der Waals surface area (Å²) >= 11 is 0. The lowest BCUT2D eigenvalue weighted by atomic mass is 9.85. The molecule has 5 rings (SSSR count). The van der Waals surface area contributed by atoms with Crippen LogP contribution in [0.25, 0.3) is 11.0 Å². The average Bonchev–Trinajstić information content (AvgIpc) is 3.19. The number of benzene rings is 2. The van der Waals surface area contributed by atoms with Gasteiger partial charge < -0.3 is 14.8 Å². The summed E-state index contributed by atoms with van der Waals surface area (Å²) in [7, 11) is 0. The molecule has 6 heteroatoms. The molecule has 1 N–H and O–H groups in total. The van der Waals surface area contributed by atoms with Crippen LogP contribution in [0.5, 0.6) is 0 Å². The standard InChI is InChI=1S/C27H32N4O2/c1-19-10-6-7-13-21(19)29-26(33)27(2)18-30-23-15-9-8-14-22(23)28-24(30)25(32)31(27)17-16-20-11-4-3-5-12-20/h3-5,8-9,11-12,14-15,19,21H,6-7,10,13,16-18H2,1-2H3,(H,29,33)/t19-,21-,27-/m1/s1. The number of amides is 2. The molecule has 0 radical (unpaired) electrons. The zero-order valence-electron chi connectivity index (χ0n) is 19.5. The molecule has 2 heterocycles. The summed E-state index contributed by atoms with van der Waals surface area (Å²) in [4.78, 5) is 34.0. The van der Waals surface area contributed by atoms with Crippen molar-refractivity contribution >= 4 is 22.8 Å². The molecule has 6 nitrogen and oxygen atoms in total. The molecule has 172 valence electrons. The fraction of sp³-hybridized carbons (Fsp3) is 0.444. The summed E-state index contributed by atoms with van der Waals surface area (Å²) in [5, 5.41) is 3.33. The molecule has 2 aromatic carbocycles. The summed E-state index contributed by atoms with van der Waals surface area (Å²) in [6.07, 6.45) is 5.18. The second-order valence-electron chi connectivity index (χ2n) is 9.82. The van der Waals surface area contributed by atoms with Crippen LogP contribution in [0.4, 0.5) is 0 Å². The van der Waals surface area contributed by atoms with Crippen molar-refractivity contribution in [1.82, 2.24) is 19.8 Å². The number of hydrogen-bond acceptors (Lipinski definition) is 3. The Hall–Kier alpha value is -3.15. The number of carbonyl (C=O) groups is 2. The van der Waals surface area contributed by atoms with Crippen LogP contribution < -0.4 is 5.32 Å². The lowest BCUT2D eigenvalue weighted by Gasteiger charge is -2.44. The van der Waals surface area contributed by atoms with Gasteiger partial charge in [0.1, 0.15) is 5.54 Å². The van der Waals surface area contributed by atoms with Gasteiger partial charge in [0.2, 0.25) is 5.91 Å². The number of rotatable bonds is 5. The third-order valence-corrected chi connectivity index (χ3v) is 7.54. The highest BCUT2D eigenvalue weighted by molar-refractivity contribution is 6.01. The second-order valence-corrected chi connectivity index (χ2v) is 9.82. The van der Waals surface area contributed by atoms with Crippen molar-refractivity contribution in [3.05, 3.63) is 66.0 Å². The maximum Gasteiger partial charge on any atom is 0.290 e. The number of carbonyl (C=O) groups excluding carboxylic acids is 2. The maximum atomic E-state index is 13.8. The van der Waals surface area contributed by atoms with Gasteiger partial charge in [-0.05, 0) is 49.8 Å². The monoisotopic (exact) mass is 444 g/mol. The zero-order valence-corrected chi connectivity index (χ0v) is 19.5. The van der Waals surface area contributed by atoms with Crippen molar-refractivity contribution in [2.75, 3.05) is 6.54 Å². The Morgan fingerprint density at radius 1 is 1.09 bits per heavy atom. The fourth-order valence-electron chi connectivity index (χ4n) is 5.42. The predicted octanol–water partition coefficient (Wildman–Crippen LogP) is 4.19. The van der Waals surface area contributed by atoms with Gasteiger partial charge in [-0.15, -0.1) is 0 Å². The van der Waals surface area contributed by atoms with Gasteiger partial charge in [-0.3, -0.25) is 9.59 Å². The van der Waals surface area contributed by atoms with E-state index in [0.717, 1.165) is 35.9 Å². The van der Waals surface area contributed by atoms with Crippen molar-refractivity contribution < 1.29 is 9.59 Å². The lowest BCUT2D eigenvalue weighted by Crippen LogP contribution is -2.65. The third-order valence-electron chi connectivity index (χ3n) is 7.54. The van der Waals surface area contributed by atoms with Gasteiger partial charge in [0.05, 0.1) is 17.6 Å². The molecule has 0 saturated heterocycles. The van der Waals surface area contributed by atoms with Crippen molar-refractivity contribution in [3.63, 3.8) is 0 Å². The summed E-state index contributed by atoms with van der Waals surface area (Å²) in [5.41, 5.74) is 1.84. The molecule has 1 aromatic heterocycles. The van der Waals surface area contributed by atoms with Crippen LogP contribution in [0, 0.1) is 5.92 Å². The molecule has 0 bridgehead atoms. The van der Waals surface area contributed by atoms with Crippen molar-refractivity contribution in [3.8, 4) is 0 Å². The molecule has 0 unspecified atom stereocenters.